The lowest BCUT2D eigenvalue weighted by Gasteiger charge is -2.23. The fourth-order valence-electron chi connectivity index (χ4n) is 2.27. The molecule has 94 valence electrons. The number of primary amides is 1. The van der Waals surface area contributed by atoms with Gasteiger partial charge >= 0.3 is 0 Å². The van der Waals surface area contributed by atoms with E-state index in [-0.39, 0.29) is 5.91 Å². The van der Waals surface area contributed by atoms with Gasteiger partial charge in [0, 0.05) is 17.3 Å². The molecule has 17 heavy (non-hydrogen) atoms. The van der Waals surface area contributed by atoms with E-state index in [1.165, 1.54) is 16.9 Å². The number of amides is 1. The standard InChI is InChI=1S/C12H17ClN2OS/c13-11-7-8-9(3-1-4-10(8)17-11)15-6-2-5-12(14)16/h7,9,15H,1-6H2,(H2,14,16). The first-order valence-corrected chi connectivity index (χ1v) is 7.16. The van der Waals surface area contributed by atoms with Gasteiger partial charge < -0.3 is 11.1 Å². The van der Waals surface area contributed by atoms with Crippen LogP contribution in [-0.2, 0) is 11.2 Å². The highest BCUT2D eigenvalue weighted by atomic mass is 35.5. The summed E-state index contributed by atoms with van der Waals surface area (Å²) in [6, 6.07) is 2.47. The minimum absolute atomic E-state index is 0.227. The van der Waals surface area contributed by atoms with Gasteiger partial charge in [-0.25, -0.2) is 0 Å². The molecule has 1 atom stereocenters. The van der Waals surface area contributed by atoms with Gasteiger partial charge in [0.25, 0.3) is 0 Å². The number of thiophene rings is 1. The molecule has 0 saturated heterocycles. The van der Waals surface area contributed by atoms with E-state index >= 15 is 0 Å². The molecule has 1 aromatic heterocycles. The van der Waals surface area contributed by atoms with Crippen LogP contribution in [0.5, 0.6) is 0 Å². The lowest BCUT2D eigenvalue weighted by Crippen LogP contribution is -2.26. The van der Waals surface area contributed by atoms with Gasteiger partial charge in [-0.3, -0.25) is 4.79 Å². The summed E-state index contributed by atoms with van der Waals surface area (Å²) in [5.74, 6) is -0.227. The van der Waals surface area contributed by atoms with E-state index in [9.17, 15) is 4.79 Å². The summed E-state index contributed by atoms with van der Waals surface area (Å²) in [6.07, 6.45) is 4.76. The number of fused-ring (bicyclic) bond motifs is 1. The van der Waals surface area contributed by atoms with Gasteiger partial charge in [-0.05, 0) is 43.9 Å². The summed E-state index contributed by atoms with van der Waals surface area (Å²) in [4.78, 5) is 12.0. The number of aryl methyl sites for hydroxylation is 1. The third-order valence-corrected chi connectivity index (χ3v) is 4.41. The molecule has 0 spiro atoms. The molecule has 0 aromatic carbocycles. The molecule has 1 aliphatic carbocycles. The Morgan fingerprint density at radius 1 is 1.65 bits per heavy atom. The van der Waals surface area contributed by atoms with E-state index in [0.29, 0.717) is 12.5 Å². The van der Waals surface area contributed by atoms with Gasteiger partial charge in [-0.15, -0.1) is 11.3 Å². The summed E-state index contributed by atoms with van der Waals surface area (Å²) >= 11 is 7.74. The van der Waals surface area contributed by atoms with Crippen molar-refractivity contribution in [1.29, 1.82) is 0 Å². The molecule has 0 aliphatic heterocycles. The van der Waals surface area contributed by atoms with Gasteiger partial charge in [0.15, 0.2) is 0 Å². The molecular weight excluding hydrogens is 256 g/mol. The molecule has 1 aliphatic rings. The zero-order valence-electron chi connectivity index (χ0n) is 9.67. The summed E-state index contributed by atoms with van der Waals surface area (Å²) in [7, 11) is 0. The zero-order chi connectivity index (χ0) is 12.3. The number of halogens is 1. The SMILES string of the molecule is NC(=O)CCCNC1CCCc2sc(Cl)cc21. The van der Waals surface area contributed by atoms with Crippen LogP contribution in [0, 0.1) is 0 Å². The minimum Gasteiger partial charge on any atom is -0.370 e. The molecule has 1 unspecified atom stereocenters. The monoisotopic (exact) mass is 272 g/mol. The van der Waals surface area contributed by atoms with Gasteiger partial charge in [0.05, 0.1) is 4.34 Å². The molecule has 1 amide bonds. The summed E-state index contributed by atoms with van der Waals surface area (Å²) in [6.45, 7) is 0.834. The zero-order valence-corrected chi connectivity index (χ0v) is 11.2. The van der Waals surface area contributed by atoms with Crippen molar-refractivity contribution >= 4 is 28.8 Å². The normalized spacial score (nSPS) is 19.0. The Balaban J connectivity index is 1.88. The second-order valence-electron chi connectivity index (χ2n) is 4.40. The maximum atomic E-state index is 10.6. The summed E-state index contributed by atoms with van der Waals surface area (Å²) in [5.41, 5.74) is 6.46. The molecule has 3 nitrogen and oxygen atoms in total. The third-order valence-electron chi connectivity index (χ3n) is 3.07. The van der Waals surface area contributed by atoms with E-state index in [4.69, 9.17) is 17.3 Å². The Hall–Kier alpha value is -0.580. The van der Waals surface area contributed by atoms with Crippen LogP contribution in [0.25, 0.3) is 0 Å². The minimum atomic E-state index is -0.227. The fourth-order valence-corrected chi connectivity index (χ4v) is 3.66. The molecule has 0 bridgehead atoms. The lowest BCUT2D eigenvalue weighted by atomic mass is 9.94. The second-order valence-corrected chi connectivity index (χ2v) is 6.17. The molecule has 1 aromatic rings. The lowest BCUT2D eigenvalue weighted by molar-refractivity contribution is -0.118. The average molecular weight is 273 g/mol. The van der Waals surface area contributed by atoms with Crippen LogP contribution < -0.4 is 11.1 Å². The van der Waals surface area contributed by atoms with Crippen molar-refractivity contribution in [3.8, 4) is 0 Å². The highest BCUT2D eigenvalue weighted by molar-refractivity contribution is 7.16. The molecule has 2 rings (SSSR count). The molecule has 1 heterocycles. The Kier molecular flexibility index (Phi) is 4.42. The first-order chi connectivity index (χ1) is 8.16. The topological polar surface area (TPSA) is 55.1 Å². The Morgan fingerprint density at radius 2 is 2.47 bits per heavy atom. The first kappa shape index (κ1) is 12.9. The van der Waals surface area contributed by atoms with Crippen molar-refractivity contribution in [3.05, 3.63) is 20.8 Å². The van der Waals surface area contributed by atoms with Crippen LogP contribution in [0.1, 0.15) is 42.2 Å². The van der Waals surface area contributed by atoms with Crippen LogP contribution in [0.3, 0.4) is 0 Å². The quantitative estimate of drug-likeness (QED) is 0.810. The average Bonchev–Trinajstić information content (AvgIpc) is 2.65. The molecule has 0 saturated carbocycles. The van der Waals surface area contributed by atoms with Gasteiger partial charge in [0.2, 0.25) is 5.91 Å². The maximum absolute atomic E-state index is 10.6. The smallest absolute Gasteiger partial charge is 0.217 e. The number of carbonyl (C=O) groups excluding carboxylic acids is 1. The number of rotatable bonds is 5. The van der Waals surface area contributed by atoms with Crippen LogP contribution in [0.15, 0.2) is 6.07 Å². The van der Waals surface area contributed by atoms with Gasteiger partial charge in [-0.1, -0.05) is 11.6 Å². The van der Waals surface area contributed by atoms with Crippen LogP contribution in [0.4, 0.5) is 0 Å². The number of nitrogens with two attached hydrogens (primary N) is 1. The van der Waals surface area contributed by atoms with Crippen molar-refractivity contribution < 1.29 is 4.79 Å². The number of carbonyl (C=O) groups is 1. The van der Waals surface area contributed by atoms with E-state index < -0.39 is 0 Å². The van der Waals surface area contributed by atoms with Crippen LogP contribution >= 0.6 is 22.9 Å². The Morgan fingerprint density at radius 3 is 3.24 bits per heavy atom. The largest absolute Gasteiger partial charge is 0.370 e. The molecule has 0 fully saturated rings. The van der Waals surface area contributed by atoms with Crippen molar-refractivity contribution in [2.24, 2.45) is 5.73 Å². The Labute approximate surface area is 110 Å². The highest BCUT2D eigenvalue weighted by Gasteiger charge is 2.21. The first-order valence-electron chi connectivity index (χ1n) is 5.96. The maximum Gasteiger partial charge on any atom is 0.217 e. The highest BCUT2D eigenvalue weighted by Crippen LogP contribution is 2.37. The fraction of sp³-hybridized carbons (Fsp3) is 0.583. The number of nitrogens with one attached hydrogen (secondary N) is 1. The van der Waals surface area contributed by atoms with Crippen molar-refractivity contribution in [2.75, 3.05) is 6.54 Å². The second kappa shape index (κ2) is 5.85. The molecule has 0 radical (unpaired) electrons. The van der Waals surface area contributed by atoms with Crippen LogP contribution in [0.2, 0.25) is 4.34 Å². The predicted molar refractivity (Wildman–Crippen MR) is 71.4 cm³/mol. The molecule has 3 N–H and O–H groups in total. The third kappa shape index (κ3) is 3.44. The van der Waals surface area contributed by atoms with Crippen LogP contribution in [-0.4, -0.2) is 12.5 Å². The van der Waals surface area contributed by atoms with E-state index in [0.717, 1.165) is 30.1 Å². The summed E-state index contributed by atoms with van der Waals surface area (Å²) in [5, 5.41) is 3.49. The Bertz CT molecular complexity index is 405. The van der Waals surface area contributed by atoms with Crippen molar-refractivity contribution in [2.45, 2.75) is 38.1 Å². The van der Waals surface area contributed by atoms with Gasteiger partial charge in [0.1, 0.15) is 0 Å². The van der Waals surface area contributed by atoms with E-state index in [2.05, 4.69) is 11.4 Å². The van der Waals surface area contributed by atoms with Crippen molar-refractivity contribution in [3.63, 3.8) is 0 Å². The van der Waals surface area contributed by atoms with Gasteiger partial charge in [-0.2, -0.15) is 0 Å². The van der Waals surface area contributed by atoms with E-state index in [1.54, 1.807) is 11.3 Å². The van der Waals surface area contributed by atoms with E-state index in [1.807, 2.05) is 0 Å². The summed E-state index contributed by atoms with van der Waals surface area (Å²) < 4.78 is 0.876. The predicted octanol–water partition coefficient (Wildman–Crippen LogP) is 2.63. The number of hydrogen-bond donors (Lipinski definition) is 2. The van der Waals surface area contributed by atoms with Crippen molar-refractivity contribution in [1.82, 2.24) is 5.32 Å². The number of hydrogen-bond acceptors (Lipinski definition) is 3. The molecule has 5 heteroatoms. The molecular formula is C12H17ClN2OS.